The highest BCUT2D eigenvalue weighted by molar-refractivity contribution is 6.30. The monoisotopic (exact) mass is 504 g/mol. The van der Waals surface area contributed by atoms with Gasteiger partial charge in [0.05, 0.1) is 11.2 Å². The van der Waals surface area contributed by atoms with E-state index in [0.717, 1.165) is 11.1 Å². The number of hydrogen-bond acceptors (Lipinski definition) is 6. The van der Waals surface area contributed by atoms with Gasteiger partial charge in [-0.15, -0.1) is 0 Å². The van der Waals surface area contributed by atoms with Gasteiger partial charge in [0.25, 0.3) is 11.8 Å². The second-order valence-corrected chi connectivity index (χ2v) is 8.18. The quantitative estimate of drug-likeness (QED) is 0.312. The molecule has 0 unspecified atom stereocenters. The molecular weight excluding hydrogens is 487 g/mol. The van der Waals surface area contributed by atoms with Crippen molar-refractivity contribution in [1.29, 1.82) is 0 Å². The van der Waals surface area contributed by atoms with Crippen LogP contribution in [0.3, 0.4) is 0 Å². The molecular formula is C24H18ClFN8O2. The molecule has 0 radical (unpaired) electrons. The van der Waals surface area contributed by atoms with Gasteiger partial charge in [-0.2, -0.15) is 10.2 Å². The number of hydrogen-bond donors (Lipinski definition) is 3. The summed E-state index contributed by atoms with van der Waals surface area (Å²) in [5.74, 6) is -0.821. The number of H-pyrrole nitrogens is 1. The largest absolute Gasteiger partial charge is 0.347 e. The maximum absolute atomic E-state index is 13.4. The first kappa shape index (κ1) is 23.1. The highest BCUT2D eigenvalue weighted by atomic mass is 35.5. The van der Waals surface area contributed by atoms with Crippen LogP contribution < -0.4 is 10.6 Å². The van der Waals surface area contributed by atoms with E-state index >= 15 is 0 Å². The van der Waals surface area contributed by atoms with E-state index in [1.807, 2.05) is 24.3 Å². The molecule has 2 aromatic carbocycles. The molecule has 10 nitrogen and oxygen atoms in total. The molecule has 3 aromatic heterocycles. The summed E-state index contributed by atoms with van der Waals surface area (Å²) in [4.78, 5) is 34.2. The van der Waals surface area contributed by atoms with Gasteiger partial charge in [-0.1, -0.05) is 41.9 Å². The van der Waals surface area contributed by atoms with Gasteiger partial charge in [-0.3, -0.25) is 14.7 Å². The van der Waals surface area contributed by atoms with Gasteiger partial charge >= 0.3 is 0 Å². The van der Waals surface area contributed by atoms with E-state index in [4.69, 9.17) is 11.6 Å². The lowest BCUT2D eigenvalue weighted by atomic mass is 10.1. The zero-order valence-electron chi connectivity index (χ0n) is 18.6. The van der Waals surface area contributed by atoms with Crippen LogP contribution in [0, 0.1) is 5.82 Å². The van der Waals surface area contributed by atoms with E-state index in [9.17, 15) is 14.0 Å². The zero-order valence-corrected chi connectivity index (χ0v) is 19.3. The second kappa shape index (κ2) is 9.92. The molecule has 0 aliphatic heterocycles. The van der Waals surface area contributed by atoms with Crippen LogP contribution in [0.2, 0.25) is 5.02 Å². The number of aromatic nitrogens is 6. The lowest BCUT2D eigenvalue weighted by Crippen LogP contribution is -2.28. The molecule has 5 aromatic rings. The third-order valence-corrected chi connectivity index (χ3v) is 5.65. The number of amides is 2. The molecule has 3 N–H and O–H groups in total. The van der Waals surface area contributed by atoms with Gasteiger partial charge in [-0.05, 0) is 23.3 Å². The SMILES string of the molecule is O=C(NCc1ccc(F)c(Cl)c1)c1cc(C(=O)NCc2ccc(-c3ncn[nH]3)cc2)n2nccc2n1. The van der Waals surface area contributed by atoms with Gasteiger partial charge < -0.3 is 10.6 Å². The number of halogens is 2. The van der Waals surface area contributed by atoms with Crippen molar-refractivity contribution >= 4 is 29.1 Å². The first-order chi connectivity index (χ1) is 17.5. The van der Waals surface area contributed by atoms with E-state index in [0.29, 0.717) is 17.0 Å². The number of benzene rings is 2. The number of nitrogens with zero attached hydrogens (tertiary/aromatic N) is 5. The summed E-state index contributed by atoms with van der Waals surface area (Å²) in [7, 11) is 0. The molecule has 2 amide bonds. The van der Waals surface area contributed by atoms with Crippen LogP contribution >= 0.6 is 11.6 Å². The zero-order chi connectivity index (χ0) is 25.1. The minimum atomic E-state index is -0.541. The van der Waals surface area contributed by atoms with E-state index in [-0.39, 0.29) is 29.5 Å². The number of nitrogens with one attached hydrogen (secondary N) is 3. The van der Waals surface area contributed by atoms with E-state index < -0.39 is 17.6 Å². The molecule has 12 heteroatoms. The summed E-state index contributed by atoms with van der Waals surface area (Å²) in [6.45, 7) is 0.365. The molecule has 0 atom stereocenters. The molecule has 0 aliphatic rings. The summed E-state index contributed by atoms with van der Waals surface area (Å²) < 4.78 is 14.7. The van der Waals surface area contributed by atoms with Gasteiger partial charge in [0.2, 0.25) is 0 Å². The summed E-state index contributed by atoms with van der Waals surface area (Å²) in [5.41, 5.74) is 2.89. The third-order valence-electron chi connectivity index (χ3n) is 5.36. The fourth-order valence-electron chi connectivity index (χ4n) is 3.51. The van der Waals surface area contributed by atoms with Crippen LogP contribution in [0.15, 0.2) is 67.1 Å². The predicted octanol–water partition coefficient (Wildman–Crippen LogP) is 3.17. The maximum Gasteiger partial charge on any atom is 0.270 e. The Balaban J connectivity index is 1.29. The summed E-state index contributed by atoms with van der Waals surface area (Å²) >= 11 is 5.80. The molecule has 0 fully saturated rings. The van der Waals surface area contributed by atoms with Crippen LogP contribution in [0.25, 0.3) is 17.0 Å². The van der Waals surface area contributed by atoms with Crippen molar-refractivity contribution in [3.63, 3.8) is 0 Å². The normalized spacial score (nSPS) is 10.9. The van der Waals surface area contributed by atoms with Crippen LogP contribution in [0.1, 0.15) is 32.1 Å². The summed E-state index contributed by atoms with van der Waals surface area (Å²) in [6, 6.07) is 14.6. The van der Waals surface area contributed by atoms with E-state index in [1.165, 1.54) is 41.3 Å². The van der Waals surface area contributed by atoms with Gasteiger partial charge in [0.1, 0.15) is 23.5 Å². The average Bonchev–Trinajstić information content (AvgIpc) is 3.60. The fourth-order valence-corrected chi connectivity index (χ4v) is 3.71. The first-order valence-corrected chi connectivity index (χ1v) is 11.2. The molecule has 0 spiro atoms. The smallest absolute Gasteiger partial charge is 0.270 e. The molecule has 0 saturated heterocycles. The standard InChI is InChI=1S/C24H18ClFN8O2/c25-17-9-15(3-6-18(17)26)12-27-23(35)19-10-20(34-21(32-19)7-8-31-34)24(36)28-11-14-1-4-16(5-2-14)22-29-13-30-33-22/h1-10,13H,11-12H2,(H,27,35)(H,28,36)(H,29,30,33). The lowest BCUT2D eigenvalue weighted by molar-refractivity contribution is 0.0942. The summed E-state index contributed by atoms with van der Waals surface area (Å²) in [5, 5.41) is 16.3. The molecule has 0 aliphatic carbocycles. The Morgan fingerprint density at radius 3 is 2.47 bits per heavy atom. The fraction of sp³-hybridized carbons (Fsp3) is 0.0833. The minimum absolute atomic E-state index is 0.0351. The Morgan fingerprint density at radius 2 is 1.72 bits per heavy atom. The number of carbonyl (C=O) groups is 2. The van der Waals surface area contributed by atoms with Crippen LogP contribution in [0.5, 0.6) is 0 Å². The lowest BCUT2D eigenvalue weighted by Gasteiger charge is -2.10. The summed E-state index contributed by atoms with van der Waals surface area (Å²) in [6.07, 6.45) is 2.92. The predicted molar refractivity (Wildman–Crippen MR) is 129 cm³/mol. The Kier molecular flexibility index (Phi) is 6.37. The van der Waals surface area contributed by atoms with E-state index in [1.54, 1.807) is 6.07 Å². The minimum Gasteiger partial charge on any atom is -0.347 e. The van der Waals surface area contributed by atoms with Crippen molar-refractivity contribution in [3.05, 3.63) is 100 Å². The van der Waals surface area contributed by atoms with Crippen molar-refractivity contribution in [2.24, 2.45) is 0 Å². The maximum atomic E-state index is 13.4. The number of rotatable bonds is 7. The van der Waals surface area contributed by atoms with Crippen molar-refractivity contribution in [1.82, 2.24) is 40.4 Å². The van der Waals surface area contributed by atoms with Crippen LogP contribution in [-0.4, -0.2) is 41.6 Å². The van der Waals surface area contributed by atoms with Gasteiger partial charge in [0, 0.05) is 30.8 Å². The molecule has 0 saturated carbocycles. The van der Waals surface area contributed by atoms with Crippen molar-refractivity contribution in [2.45, 2.75) is 13.1 Å². The van der Waals surface area contributed by atoms with E-state index in [2.05, 4.69) is 35.9 Å². The number of aromatic amines is 1. The molecule has 180 valence electrons. The van der Waals surface area contributed by atoms with Crippen LogP contribution in [-0.2, 0) is 13.1 Å². The molecule has 5 rings (SSSR count). The third kappa shape index (κ3) is 4.91. The van der Waals surface area contributed by atoms with Crippen molar-refractivity contribution < 1.29 is 14.0 Å². The molecule has 0 bridgehead atoms. The van der Waals surface area contributed by atoms with Crippen molar-refractivity contribution in [2.75, 3.05) is 0 Å². The second-order valence-electron chi connectivity index (χ2n) is 7.77. The number of fused-ring (bicyclic) bond motifs is 1. The molecule has 3 heterocycles. The molecule has 36 heavy (non-hydrogen) atoms. The Hall–Kier alpha value is -4.64. The number of carbonyl (C=O) groups excluding carboxylic acids is 2. The van der Waals surface area contributed by atoms with Crippen molar-refractivity contribution in [3.8, 4) is 11.4 Å². The highest BCUT2D eigenvalue weighted by Gasteiger charge is 2.18. The van der Waals surface area contributed by atoms with Crippen LogP contribution in [0.4, 0.5) is 4.39 Å². The van der Waals surface area contributed by atoms with Gasteiger partial charge in [0.15, 0.2) is 11.5 Å². The highest BCUT2D eigenvalue weighted by Crippen LogP contribution is 2.17. The van der Waals surface area contributed by atoms with Gasteiger partial charge in [-0.25, -0.2) is 18.9 Å². The Bertz CT molecular complexity index is 1550. The first-order valence-electron chi connectivity index (χ1n) is 10.8. The Morgan fingerprint density at radius 1 is 0.972 bits per heavy atom. The average molecular weight is 505 g/mol. The topological polar surface area (TPSA) is 130 Å². The Labute approximate surface area is 208 Å².